The van der Waals surface area contributed by atoms with E-state index in [-0.39, 0.29) is 0 Å². The molecule has 0 saturated heterocycles. The van der Waals surface area contributed by atoms with E-state index >= 15 is 0 Å². The summed E-state index contributed by atoms with van der Waals surface area (Å²) in [6.07, 6.45) is 2.74. The maximum Gasteiger partial charge on any atom is 0.0998 e. The number of hydrogen-bond acceptors (Lipinski definition) is 4. The standard InChI is InChI=1S/C16H13N3S/c17-11-12-5-6-15(14-4-2-1-3-13(12)14)18-8-7-16-19-9-10-20-16/h1-6,9-10,18H,7-8H2. The van der Waals surface area contributed by atoms with Gasteiger partial charge < -0.3 is 5.32 Å². The number of nitrogens with one attached hydrogen (secondary N) is 1. The van der Waals surface area contributed by atoms with E-state index in [2.05, 4.69) is 16.4 Å². The quantitative estimate of drug-likeness (QED) is 0.789. The van der Waals surface area contributed by atoms with Crippen LogP contribution in [0.25, 0.3) is 10.8 Å². The predicted molar refractivity (Wildman–Crippen MR) is 83.0 cm³/mol. The van der Waals surface area contributed by atoms with Gasteiger partial charge in [-0.1, -0.05) is 24.3 Å². The molecule has 0 radical (unpaired) electrons. The lowest BCUT2D eigenvalue weighted by Gasteiger charge is -2.10. The van der Waals surface area contributed by atoms with Crippen LogP contribution in [-0.2, 0) is 6.42 Å². The lowest BCUT2D eigenvalue weighted by Crippen LogP contribution is -2.05. The molecule has 0 bridgehead atoms. The van der Waals surface area contributed by atoms with Crippen LogP contribution in [0.3, 0.4) is 0 Å². The molecule has 3 rings (SSSR count). The summed E-state index contributed by atoms with van der Waals surface area (Å²) in [5.41, 5.74) is 1.78. The number of aromatic nitrogens is 1. The van der Waals surface area contributed by atoms with Crippen molar-refractivity contribution in [1.82, 2.24) is 4.98 Å². The number of anilines is 1. The lowest BCUT2D eigenvalue weighted by atomic mass is 10.0. The van der Waals surface area contributed by atoms with Crippen LogP contribution in [0.15, 0.2) is 48.0 Å². The van der Waals surface area contributed by atoms with Gasteiger partial charge in [-0.15, -0.1) is 11.3 Å². The van der Waals surface area contributed by atoms with Crippen molar-refractivity contribution in [3.8, 4) is 6.07 Å². The van der Waals surface area contributed by atoms with Crippen molar-refractivity contribution in [1.29, 1.82) is 5.26 Å². The third-order valence-electron chi connectivity index (χ3n) is 3.18. The van der Waals surface area contributed by atoms with Crippen LogP contribution in [-0.4, -0.2) is 11.5 Å². The van der Waals surface area contributed by atoms with E-state index in [1.807, 2.05) is 48.0 Å². The summed E-state index contributed by atoms with van der Waals surface area (Å²) >= 11 is 1.67. The molecule has 0 atom stereocenters. The average molecular weight is 279 g/mol. The summed E-state index contributed by atoms with van der Waals surface area (Å²) in [4.78, 5) is 4.27. The van der Waals surface area contributed by atoms with Crippen LogP contribution in [0.4, 0.5) is 5.69 Å². The third-order valence-corrected chi connectivity index (χ3v) is 4.02. The van der Waals surface area contributed by atoms with E-state index in [0.29, 0.717) is 5.56 Å². The summed E-state index contributed by atoms with van der Waals surface area (Å²) < 4.78 is 0. The minimum atomic E-state index is 0.714. The molecule has 0 spiro atoms. The summed E-state index contributed by atoms with van der Waals surface area (Å²) in [5, 5.41) is 17.8. The van der Waals surface area contributed by atoms with E-state index in [0.717, 1.165) is 34.4 Å². The van der Waals surface area contributed by atoms with Gasteiger partial charge in [0.1, 0.15) is 0 Å². The fourth-order valence-corrected chi connectivity index (χ4v) is 2.85. The maximum atomic E-state index is 9.15. The van der Waals surface area contributed by atoms with Gasteiger partial charge in [-0.3, -0.25) is 0 Å². The normalized spacial score (nSPS) is 10.3. The molecule has 1 aromatic heterocycles. The fourth-order valence-electron chi connectivity index (χ4n) is 2.23. The molecule has 0 amide bonds. The molecular formula is C16H13N3S. The SMILES string of the molecule is N#Cc1ccc(NCCc2nccs2)c2ccccc12. The first-order valence-corrected chi connectivity index (χ1v) is 7.30. The number of rotatable bonds is 4. The lowest BCUT2D eigenvalue weighted by molar-refractivity contribution is 1.000. The van der Waals surface area contributed by atoms with Gasteiger partial charge in [-0.05, 0) is 12.1 Å². The Hall–Kier alpha value is -2.38. The Labute approximate surface area is 121 Å². The highest BCUT2D eigenvalue weighted by Gasteiger charge is 2.05. The van der Waals surface area contributed by atoms with E-state index in [1.54, 1.807) is 11.3 Å². The summed E-state index contributed by atoms with van der Waals surface area (Å²) in [6, 6.07) is 14.1. The number of hydrogen-bond donors (Lipinski definition) is 1. The molecule has 20 heavy (non-hydrogen) atoms. The molecule has 3 aromatic rings. The van der Waals surface area contributed by atoms with Crippen molar-refractivity contribution in [2.24, 2.45) is 0 Å². The number of nitriles is 1. The Balaban J connectivity index is 1.83. The zero-order valence-electron chi connectivity index (χ0n) is 10.8. The smallest absolute Gasteiger partial charge is 0.0998 e. The molecule has 1 heterocycles. The van der Waals surface area contributed by atoms with Crippen LogP contribution in [0.5, 0.6) is 0 Å². The molecular weight excluding hydrogens is 266 g/mol. The second-order valence-corrected chi connectivity index (χ2v) is 5.40. The monoisotopic (exact) mass is 279 g/mol. The molecule has 1 N–H and O–H groups in total. The van der Waals surface area contributed by atoms with E-state index in [4.69, 9.17) is 5.26 Å². The molecule has 4 heteroatoms. The van der Waals surface area contributed by atoms with Gasteiger partial charge in [0.25, 0.3) is 0 Å². The summed E-state index contributed by atoms with van der Waals surface area (Å²) in [7, 11) is 0. The van der Waals surface area contributed by atoms with Gasteiger partial charge in [-0.2, -0.15) is 5.26 Å². The molecule has 3 nitrogen and oxygen atoms in total. The number of benzene rings is 2. The highest BCUT2D eigenvalue weighted by atomic mass is 32.1. The van der Waals surface area contributed by atoms with Crippen molar-refractivity contribution in [2.45, 2.75) is 6.42 Å². The van der Waals surface area contributed by atoms with Crippen LogP contribution in [0.2, 0.25) is 0 Å². The van der Waals surface area contributed by atoms with E-state index < -0.39 is 0 Å². The number of fused-ring (bicyclic) bond motifs is 1. The highest BCUT2D eigenvalue weighted by Crippen LogP contribution is 2.26. The Morgan fingerprint density at radius 2 is 2.00 bits per heavy atom. The van der Waals surface area contributed by atoms with Crippen molar-refractivity contribution < 1.29 is 0 Å². The van der Waals surface area contributed by atoms with Gasteiger partial charge in [-0.25, -0.2) is 4.98 Å². The van der Waals surface area contributed by atoms with Crippen LogP contribution >= 0.6 is 11.3 Å². The molecule has 98 valence electrons. The predicted octanol–water partition coefficient (Wildman–Crippen LogP) is 3.82. The minimum Gasteiger partial charge on any atom is -0.384 e. The Bertz CT molecular complexity index is 757. The second-order valence-electron chi connectivity index (χ2n) is 4.42. The summed E-state index contributed by atoms with van der Waals surface area (Å²) in [6.45, 7) is 0.837. The number of nitrogens with zero attached hydrogens (tertiary/aromatic N) is 2. The molecule has 0 aliphatic rings. The van der Waals surface area contributed by atoms with Gasteiger partial charge in [0, 0.05) is 41.0 Å². The zero-order valence-corrected chi connectivity index (χ0v) is 11.7. The van der Waals surface area contributed by atoms with Crippen LogP contribution in [0, 0.1) is 11.3 Å². The first-order chi connectivity index (χ1) is 9.88. The third kappa shape index (κ3) is 2.49. The number of thiazole rings is 1. The minimum absolute atomic E-state index is 0.714. The molecule has 0 unspecified atom stereocenters. The zero-order chi connectivity index (χ0) is 13.8. The van der Waals surface area contributed by atoms with Gasteiger partial charge >= 0.3 is 0 Å². The average Bonchev–Trinajstić information content (AvgIpc) is 3.01. The van der Waals surface area contributed by atoms with Gasteiger partial charge in [0.2, 0.25) is 0 Å². The molecule has 2 aromatic carbocycles. The Morgan fingerprint density at radius 3 is 2.75 bits per heavy atom. The van der Waals surface area contributed by atoms with Crippen molar-refractivity contribution in [3.63, 3.8) is 0 Å². The molecule has 0 saturated carbocycles. The van der Waals surface area contributed by atoms with Crippen LogP contribution < -0.4 is 5.32 Å². The van der Waals surface area contributed by atoms with Gasteiger partial charge in [0.15, 0.2) is 0 Å². The molecule has 0 fully saturated rings. The molecule has 0 aliphatic carbocycles. The largest absolute Gasteiger partial charge is 0.384 e. The highest BCUT2D eigenvalue weighted by molar-refractivity contribution is 7.09. The Morgan fingerprint density at radius 1 is 1.15 bits per heavy atom. The Kier molecular flexibility index (Phi) is 3.62. The molecule has 0 aliphatic heterocycles. The first-order valence-electron chi connectivity index (χ1n) is 6.42. The van der Waals surface area contributed by atoms with Crippen LogP contribution in [0.1, 0.15) is 10.6 Å². The maximum absolute atomic E-state index is 9.15. The van der Waals surface area contributed by atoms with Crippen molar-refractivity contribution in [2.75, 3.05) is 11.9 Å². The van der Waals surface area contributed by atoms with Crippen molar-refractivity contribution in [3.05, 3.63) is 58.5 Å². The van der Waals surface area contributed by atoms with Gasteiger partial charge in [0.05, 0.1) is 16.6 Å². The first kappa shape index (κ1) is 12.6. The topological polar surface area (TPSA) is 48.7 Å². The van der Waals surface area contributed by atoms with E-state index in [9.17, 15) is 0 Å². The fraction of sp³-hybridized carbons (Fsp3) is 0.125. The second kappa shape index (κ2) is 5.72. The summed E-state index contributed by atoms with van der Waals surface area (Å²) in [5.74, 6) is 0. The van der Waals surface area contributed by atoms with E-state index in [1.165, 1.54) is 0 Å². The van der Waals surface area contributed by atoms with Crippen molar-refractivity contribution >= 4 is 27.8 Å².